The van der Waals surface area contributed by atoms with Gasteiger partial charge in [-0.1, -0.05) is 42.5 Å². The van der Waals surface area contributed by atoms with Gasteiger partial charge in [-0.05, 0) is 23.3 Å². The molecule has 0 aromatic heterocycles. The number of hydrogen-bond donors (Lipinski definition) is 3. The molecule has 32 heavy (non-hydrogen) atoms. The number of ether oxygens (including phenoxy) is 1. The van der Waals surface area contributed by atoms with Crippen LogP contribution in [0, 0.1) is 11.8 Å². The summed E-state index contributed by atoms with van der Waals surface area (Å²) in [5.74, 6) is -5.50. The lowest BCUT2D eigenvalue weighted by molar-refractivity contribution is -0.152. The number of hydrogen-bond acceptors (Lipinski definition) is 5. The van der Waals surface area contributed by atoms with Crippen LogP contribution in [0.5, 0.6) is 0 Å². The third-order valence-corrected chi connectivity index (χ3v) is 5.89. The first-order chi connectivity index (χ1) is 15.1. The molecule has 7 nitrogen and oxygen atoms in total. The molecule has 4 rings (SSSR count). The Morgan fingerprint density at radius 2 is 1.78 bits per heavy atom. The summed E-state index contributed by atoms with van der Waals surface area (Å²) < 4.78 is 45.2. The Kier molecular flexibility index (Phi) is 5.51. The van der Waals surface area contributed by atoms with E-state index in [9.17, 15) is 32.7 Å². The van der Waals surface area contributed by atoms with Crippen LogP contribution in [-0.4, -0.2) is 35.0 Å². The summed E-state index contributed by atoms with van der Waals surface area (Å²) in [7, 11) is 0. The zero-order valence-electron chi connectivity index (χ0n) is 16.6. The van der Waals surface area contributed by atoms with Crippen LogP contribution < -0.4 is 10.6 Å². The summed E-state index contributed by atoms with van der Waals surface area (Å²) in [5, 5.41) is 14.9. The van der Waals surface area contributed by atoms with Crippen LogP contribution in [0.1, 0.15) is 22.7 Å². The van der Waals surface area contributed by atoms with Gasteiger partial charge < -0.3 is 9.84 Å². The highest BCUT2D eigenvalue weighted by molar-refractivity contribution is 6.09. The molecule has 2 aliphatic heterocycles. The van der Waals surface area contributed by atoms with Crippen LogP contribution >= 0.6 is 0 Å². The zero-order valence-corrected chi connectivity index (χ0v) is 16.6. The van der Waals surface area contributed by atoms with Crippen LogP contribution in [0.15, 0.2) is 54.6 Å². The Bertz CT molecular complexity index is 1060. The number of carbonyl (C=O) groups is 3. The summed E-state index contributed by atoms with van der Waals surface area (Å²) in [6.07, 6.45) is -4.62. The van der Waals surface area contributed by atoms with Crippen LogP contribution in [0.3, 0.4) is 0 Å². The fourth-order valence-corrected chi connectivity index (χ4v) is 4.42. The van der Waals surface area contributed by atoms with E-state index in [0.717, 1.165) is 17.7 Å². The van der Waals surface area contributed by atoms with E-state index in [-0.39, 0.29) is 12.2 Å². The van der Waals surface area contributed by atoms with Crippen molar-refractivity contribution < 1.29 is 37.4 Å². The summed E-state index contributed by atoms with van der Waals surface area (Å²) in [5.41, 5.74) is -2.10. The first-order valence-electron chi connectivity index (χ1n) is 9.78. The standard InChI is InChI=1S/C22H19F3N2O5/c23-22(24,25)14-8-4-7-13(9-14)17-15-16(19(29)26-18(15)28)21(27-17,20(30)31)11-32-10-12-5-2-1-3-6-12/h1-9,15-17,27H,10-11H2,(H,30,31)(H,26,28,29). The first kappa shape index (κ1) is 22.0. The van der Waals surface area contributed by atoms with Crippen LogP contribution in [0.25, 0.3) is 0 Å². The molecule has 0 saturated carbocycles. The van der Waals surface area contributed by atoms with Crippen molar-refractivity contribution in [2.75, 3.05) is 6.61 Å². The smallest absolute Gasteiger partial charge is 0.416 e. The minimum Gasteiger partial charge on any atom is -0.480 e. The van der Waals surface area contributed by atoms with E-state index < -0.39 is 59.5 Å². The molecule has 168 valence electrons. The minimum absolute atomic E-state index is 0.0543. The molecule has 4 unspecified atom stereocenters. The molecule has 4 atom stereocenters. The number of imide groups is 1. The molecule has 2 heterocycles. The molecule has 2 saturated heterocycles. The number of carboxylic acid groups (broad SMARTS) is 1. The Balaban J connectivity index is 1.68. The van der Waals surface area contributed by atoms with Crippen molar-refractivity contribution in [1.29, 1.82) is 0 Å². The quantitative estimate of drug-likeness (QED) is 0.586. The molecular weight excluding hydrogens is 429 g/mol. The van der Waals surface area contributed by atoms with Gasteiger partial charge in [0, 0.05) is 6.04 Å². The van der Waals surface area contributed by atoms with Crippen molar-refractivity contribution in [3.05, 3.63) is 71.3 Å². The molecule has 2 aromatic rings. The van der Waals surface area contributed by atoms with Crippen molar-refractivity contribution in [1.82, 2.24) is 10.6 Å². The van der Waals surface area contributed by atoms with Gasteiger partial charge in [-0.3, -0.25) is 25.0 Å². The average Bonchev–Trinajstić information content (AvgIpc) is 3.25. The Morgan fingerprint density at radius 1 is 1.06 bits per heavy atom. The molecule has 2 fully saturated rings. The summed E-state index contributed by atoms with van der Waals surface area (Å²) in [6, 6.07) is 12.1. The van der Waals surface area contributed by atoms with Crippen LogP contribution in [0.4, 0.5) is 13.2 Å². The fourth-order valence-electron chi connectivity index (χ4n) is 4.42. The zero-order chi connectivity index (χ0) is 23.1. The van der Waals surface area contributed by atoms with Gasteiger partial charge in [-0.2, -0.15) is 13.2 Å². The molecule has 3 N–H and O–H groups in total. The van der Waals surface area contributed by atoms with E-state index in [1.807, 2.05) is 0 Å². The second-order valence-electron chi connectivity index (χ2n) is 7.86. The van der Waals surface area contributed by atoms with Crippen LogP contribution in [0.2, 0.25) is 0 Å². The van der Waals surface area contributed by atoms with Gasteiger partial charge in [-0.15, -0.1) is 0 Å². The van der Waals surface area contributed by atoms with Gasteiger partial charge in [0.2, 0.25) is 11.8 Å². The van der Waals surface area contributed by atoms with Gasteiger partial charge in [0.1, 0.15) is 0 Å². The topological polar surface area (TPSA) is 105 Å². The molecule has 10 heteroatoms. The van der Waals surface area contributed by atoms with Crippen molar-refractivity contribution in [2.24, 2.45) is 11.8 Å². The number of nitrogens with one attached hydrogen (secondary N) is 2. The Morgan fingerprint density at radius 3 is 2.44 bits per heavy atom. The van der Waals surface area contributed by atoms with Gasteiger partial charge in [0.15, 0.2) is 5.54 Å². The van der Waals surface area contributed by atoms with Crippen molar-refractivity contribution in [3.63, 3.8) is 0 Å². The van der Waals surface area contributed by atoms with Crippen LogP contribution in [-0.2, 0) is 31.9 Å². The second kappa shape index (κ2) is 8.03. The number of amides is 2. The first-order valence-corrected chi connectivity index (χ1v) is 9.78. The number of alkyl halides is 3. The number of halogens is 3. The van der Waals surface area contributed by atoms with Crippen molar-refractivity contribution in [2.45, 2.75) is 24.4 Å². The molecule has 0 aliphatic carbocycles. The van der Waals surface area contributed by atoms with Gasteiger partial charge in [0.25, 0.3) is 0 Å². The molecule has 2 amide bonds. The SMILES string of the molecule is O=C1NC(=O)C2C1C(c1cccc(C(F)(F)F)c1)NC2(COCc1ccccc1)C(=O)O. The lowest BCUT2D eigenvalue weighted by atomic mass is 9.79. The number of carboxylic acids is 1. The predicted molar refractivity (Wildman–Crippen MR) is 104 cm³/mol. The highest BCUT2D eigenvalue weighted by Gasteiger charge is 2.66. The van der Waals surface area contributed by atoms with E-state index >= 15 is 0 Å². The third-order valence-electron chi connectivity index (χ3n) is 5.89. The molecule has 2 aliphatic rings. The maximum Gasteiger partial charge on any atom is 0.416 e. The average molecular weight is 448 g/mol. The molecule has 2 aromatic carbocycles. The lowest BCUT2D eigenvalue weighted by Crippen LogP contribution is -2.58. The second-order valence-corrected chi connectivity index (χ2v) is 7.86. The molecule has 0 bridgehead atoms. The summed E-state index contributed by atoms with van der Waals surface area (Å²) in [6.45, 7) is -0.409. The monoisotopic (exact) mass is 448 g/mol. The number of benzene rings is 2. The van der Waals surface area contributed by atoms with E-state index in [2.05, 4.69) is 10.6 Å². The number of carbonyl (C=O) groups excluding carboxylic acids is 2. The van der Waals surface area contributed by atoms with Crippen molar-refractivity contribution in [3.8, 4) is 0 Å². The van der Waals surface area contributed by atoms with E-state index in [4.69, 9.17) is 4.74 Å². The van der Waals surface area contributed by atoms with Gasteiger partial charge in [0.05, 0.1) is 30.6 Å². The number of fused-ring (bicyclic) bond motifs is 1. The summed E-state index contributed by atoms with van der Waals surface area (Å²) in [4.78, 5) is 37.4. The Labute approximate surface area is 180 Å². The third kappa shape index (κ3) is 3.76. The van der Waals surface area contributed by atoms with E-state index in [1.54, 1.807) is 30.3 Å². The normalized spacial score (nSPS) is 27.3. The van der Waals surface area contributed by atoms with E-state index in [1.165, 1.54) is 12.1 Å². The number of aliphatic carboxylic acids is 1. The fraction of sp³-hybridized carbons (Fsp3) is 0.318. The maximum absolute atomic E-state index is 13.2. The van der Waals surface area contributed by atoms with Gasteiger partial charge >= 0.3 is 12.1 Å². The Hall–Kier alpha value is -3.24. The van der Waals surface area contributed by atoms with E-state index in [0.29, 0.717) is 0 Å². The summed E-state index contributed by atoms with van der Waals surface area (Å²) >= 11 is 0. The highest BCUT2D eigenvalue weighted by atomic mass is 19.4. The molecular formula is C22H19F3N2O5. The maximum atomic E-state index is 13.2. The minimum atomic E-state index is -4.62. The van der Waals surface area contributed by atoms with Gasteiger partial charge in [-0.25, -0.2) is 0 Å². The molecule has 0 spiro atoms. The largest absolute Gasteiger partial charge is 0.480 e. The lowest BCUT2D eigenvalue weighted by Gasteiger charge is -2.29. The molecule has 0 radical (unpaired) electrons. The predicted octanol–water partition coefficient (Wildman–Crippen LogP) is 2.28. The van der Waals surface area contributed by atoms with Crippen molar-refractivity contribution >= 4 is 17.8 Å². The highest BCUT2D eigenvalue weighted by Crippen LogP contribution is 2.47. The number of rotatable bonds is 6.